The lowest BCUT2D eigenvalue weighted by Gasteiger charge is -2.17. The maximum atomic E-state index is 12.0. The molecule has 0 atom stereocenters. The lowest BCUT2D eigenvalue weighted by Crippen LogP contribution is -2.30. The summed E-state index contributed by atoms with van der Waals surface area (Å²) in [6.07, 6.45) is 0. The minimum atomic E-state index is -0.0197. The largest absolute Gasteiger partial charge is 0.383 e. The number of nitrogens with zero attached hydrogens (tertiary/aromatic N) is 1. The first kappa shape index (κ1) is 13.5. The number of anilines is 1. The third kappa shape index (κ3) is 3.44. The number of amides is 1. The van der Waals surface area contributed by atoms with Crippen LogP contribution in [0.25, 0.3) is 0 Å². The Morgan fingerprint density at radius 1 is 1.53 bits per heavy atom. The van der Waals surface area contributed by atoms with E-state index in [0.717, 1.165) is 11.3 Å². The Hall–Kier alpha value is -1.59. The highest BCUT2D eigenvalue weighted by molar-refractivity contribution is 5.94. The van der Waals surface area contributed by atoms with Crippen LogP contribution in [0.3, 0.4) is 0 Å². The number of nitrogen functional groups attached to an aromatic ring is 1. The molecule has 1 amide bonds. The number of carbonyl (C=O) groups is 1. The molecule has 3 N–H and O–H groups in total. The molecule has 0 bridgehead atoms. The van der Waals surface area contributed by atoms with Gasteiger partial charge < -0.3 is 15.1 Å². The standard InChI is InChI=1S/C12H19N3O2/c1-9-8-10(4-5-11(9)14-13)12(16)15(2)6-7-17-3/h4-5,8,14H,6-7,13H2,1-3H3. The second-order valence-corrected chi connectivity index (χ2v) is 3.89. The summed E-state index contributed by atoms with van der Waals surface area (Å²) in [4.78, 5) is 13.7. The van der Waals surface area contributed by atoms with Crippen molar-refractivity contribution in [3.63, 3.8) is 0 Å². The Balaban J connectivity index is 2.78. The minimum Gasteiger partial charge on any atom is -0.383 e. The molecule has 1 aromatic carbocycles. The van der Waals surface area contributed by atoms with Crippen molar-refractivity contribution in [1.29, 1.82) is 0 Å². The summed E-state index contributed by atoms with van der Waals surface area (Å²) in [6, 6.07) is 5.38. The summed E-state index contributed by atoms with van der Waals surface area (Å²) in [5.41, 5.74) is 5.00. The average Bonchev–Trinajstić information content (AvgIpc) is 2.34. The summed E-state index contributed by atoms with van der Waals surface area (Å²) >= 11 is 0. The molecule has 0 heterocycles. The van der Waals surface area contributed by atoms with Gasteiger partial charge in [-0.05, 0) is 30.7 Å². The van der Waals surface area contributed by atoms with Crippen LogP contribution in [0.1, 0.15) is 15.9 Å². The summed E-state index contributed by atoms with van der Waals surface area (Å²) in [5, 5.41) is 0. The zero-order chi connectivity index (χ0) is 12.8. The van der Waals surface area contributed by atoms with Gasteiger partial charge in [0, 0.05) is 26.3 Å². The summed E-state index contributed by atoms with van der Waals surface area (Å²) < 4.78 is 4.94. The van der Waals surface area contributed by atoms with E-state index in [9.17, 15) is 4.79 Å². The molecule has 0 fully saturated rings. The number of nitrogens with one attached hydrogen (secondary N) is 1. The number of likely N-dealkylation sites (N-methyl/N-ethyl adjacent to an activating group) is 1. The first-order chi connectivity index (χ1) is 8.10. The van der Waals surface area contributed by atoms with Gasteiger partial charge in [-0.1, -0.05) is 0 Å². The van der Waals surface area contributed by atoms with E-state index in [1.54, 1.807) is 31.2 Å². The Bertz CT molecular complexity index is 393. The van der Waals surface area contributed by atoms with Crippen molar-refractivity contribution >= 4 is 11.6 Å². The molecule has 94 valence electrons. The maximum Gasteiger partial charge on any atom is 0.253 e. The molecule has 0 unspecified atom stereocenters. The van der Waals surface area contributed by atoms with Crippen LogP contribution in [-0.4, -0.2) is 38.1 Å². The molecule has 0 saturated heterocycles. The number of hydrazine groups is 1. The van der Waals surface area contributed by atoms with Crippen LogP contribution in [0, 0.1) is 6.92 Å². The zero-order valence-electron chi connectivity index (χ0n) is 10.5. The number of aryl methyl sites for hydroxylation is 1. The Morgan fingerprint density at radius 2 is 2.24 bits per heavy atom. The predicted octanol–water partition coefficient (Wildman–Crippen LogP) is 0.999. The molecule has 0 aliphatic carbocycles. The van der Waals surface area contributed by atoms with Gasteiger partial charge in [0.2, 0.25) is 0 Å². The van der Waals surface area contributed by atoms with Crippen LogP contribution in [0.4, 0.5) is 5.69 Å². The summed E-state index contributed by atoms with van der Waals surface area (Å²) in [5.74, 6) is 5.32. The fraction of sp³-hybridized carbons (Fsp3) is 0.417. The quantitative estimate of drug-likeness (QED) is 0.592. The molecule has 0 radical (unpaired) electrons. The molecule has 1 aromatic rings. The third-order valence-electron chi connectivity index (χ3n) is 2.61. The van der Waals surface area contributed by atoms with Gasteiger partial charge in [-0.15, -0.1) is 0 Å². The van der Waals surface area contributed by atoms with Crippen molar-refractivity contribution in [2.24, 2.45) is 5.84 Å². The fourth-order valence-electron chi connectivity index (χ4n) is 1.51. The lowest BCUT2D eigenvalue weighted by molar-refractivity contribution is 0.0744. The lowest BCUT2D eigenvalue weighted by atomic mass is 10.1. The Kier molecular flexibility index (Phi) is 4.93. The van der Waals surface area contributed by atoms with Gasteiger partial charge >= 0.3 is 0 Å². The molecule has 0 aliphatic rings. The van der Waals surface area contributed by atoms with Crippen molar-refractivity contribution in [2.45, 2.75) is 6.92 Å². The number of benzene rings is 1. The number of methoxy groups -OCH3 is 1. The molecule has 0 aliphatic heterocycles. The van der Waals surface area contributed by atoms with Crippen LogP contribution in [0.2, 0.25) is 0 Å². The van der Waals surface area contributed by atoms with Crippen molar-refractivity contribution < 1.29 is 9.53 Å². The molecule has 1 rings (SSSR count). The highest BCUT2D eigenvalue weighted by Crippen LogP contribution is 2.16. The van der Waals surface area contributed by atoms with E-state index in [-0.39, 0.29) is 5.91 Å². The number of nitrogens with two attached hydrogens (primary N) is 1. The highest BCUT2D eigenvalue weighted by atomic mass is 16.5. The van der Waals surface area contributed by atoms with E-state index < -0.39 is 0 Å². The van der Waals surface area contributed by atoms with Gasteiger partial charge in [0.15, 0.2) is 0 Å². The van der Waals surface area contributed by atoms with Gasteiger partial charge in [0.05, 0.1) is 12.3 Å². The Morgan fingerprint density at radius 3 is 2.76 bits per heavy atom. The normalized spacial score (nSPS) is 10.1. The van der Waals surface area contributed by atoms with E-state index in [1.165, 1.54) is 0 Å². The van der Waals surface area contributed by atoms with Gasteiger partial charge in [-0.2, -0.15) is 0 Å². The molecule has 0 aromatic heterocycles. The second-order valence-electron chi connectivity index (χ2n) is 3.89. The van der Waals surface area contributed by atoms with E-state index in [0.29, 0.717) is 18.7 Å². The smallest absolute Gasteiger partial charge is 0.253 e. The van der Waals surface area contributed by atoms with E-state index in [1.807, 2.05) is 13.0 Å². The van der Waals surface area contributed by atoms with Gasteiger partial charge in [-0.25, -0.2) is 0 Å². The number of rotatable bonds is 5. The van der Waals surface area contributed by atoms with Crippen LogP contribution in [-0.2, 0) is 4.74 Å². The fourth-order valence-corrected chi connectivity index (χ4v) is 1.51. The van der Waals surface area contributed by atoms with E-state index in [4.69, 9.17) is 10.6 Å². The molecular weight excluding hydrogens is 218 g/mol. The van der Waals surface area contributed by atoms with Crippen LogP contribution < -0.4 is 11.3 Å². The van der Waals surface area contributed by atoms with Crippen molar-refractivity contribution in [1.82, 2.24) is 4.90 Å². The van der Waals surface area contributed by atoms with E-state index in [2.05, 4.69) is 5.43 Å². The zero-order valence-corrected chi connectivity index (χ0v) is 10.5. The van der Waals surface area contributed by atoms with Gasteiger partial charge in [0.1, 0.15) is 0 Å². The van der Waals surface area contributed by atoms with Crippen molar-refractivity contribution in [3.05, 3.63) is 29.3 Å². The SMILES string of the molecule is COCCN(C)C(=O)c1ccc(NN)c(C)c1. The summed E-state index contributed by atoms with van der Waals surface area (Å²) in [7, 11) is 3.37. The molecule has 17 heavy (non-hydrogen) atoms. The highest BCUT2D eigenvalue weighted by Gasteiger charge is 2.12. The number of carbonyl (C=O) groups excluding carboxylic acids is 1. The Labute approximate surface area is 102 Å². The molecule has 0 spiro atoms. The maximum absolute atomic E-state index is 12.0. The first-order valence-electron chi connectivity index (χ1n) is 5.41. The third-order valence-corrected chi connectivity index (χ3v) is 2.61. The van der Waals surface area contributed by atoms with Gasteiger partial charge in [-0.3, -0.25) is 10.6 Å². The predicted molar refractivity (Wildman–Crippen MR) is 67.8 cm³/mol. The monoisotopic (exact) mass is 237 g/mol. The first-order valence-corrected chi connectivity index (χ1v) is 5.41. The molecule has 0 saturated carbocycles. The summed E-state index contributed by atoms with van der Waals surface area (Å²) in [6.45, 7) is 3.01. The average molecular weight is 237 g/mol. The molecule has 5 nitrogen and oxygen atoms in total. The van der Waals surface area contributed by atoms with Crippen LogP contribution in [0.5, 0.6) is 0 Å². The van der Waals surface area contributed by atoms with Gasteiger partial charge in [0.25, 0.3) is 5.91 Å². The second kappa shape index (κ2) is 6.22. The molecular formula is C12H19N3O2. The van der Waals surface area contributed by atoms with E-state index >= 15 is 0 Å². The minimum absolute atomic E-state index is 0.0197. The van der Waals surface area contributed by atoms with Crippen molar-refractivity contribution in [3.8, 4) is 0 Å². The van der Waals surface area contributed by atoms with Crippen LogP contribution in [0.15, 0.2) is 18.2 Å². The number of hydrogen-bond donors (Lipinski definition) is 2. The van der Waals surface area contributed by atoms with Crippen LogP contribution >= 0.6 is 0 Å². The molecule has 5 heteroatoms. The topological polar surface area (TPSA) is 67.6 Å². The number of hydrogen-bond acceptors (Lipinski definition) is 4. The van der Waals surface area contributed by atoms with Crippen molar-refractivity contribution in [2.75, 3.05) is 32.7 Å². The number of ether oxygens (including phenoxy) is 1.